The number of amides is 2. The summed E-state index contributed by atoms with van der Waals surface area (Å²) in [5.74, 6) is -0.972. The minimum Gasteiger partial charge on any atom is -0.476 e. The van der Waals surface area contributed by atoms with Crippen LogP contribution in [0.25, 0.3) is 0 Å². The first-order valence-electron chi connectivity index (χ1n) is 8.20. The van der Waals surface area contributed by atoms with E-state index in [1.165, 1.54) is 6.08 Å². The highest BCUT2D eigenvalue weighted by atomic mass is 16.6. The second kappa shape index (κ2) is 8.01. The van der Waals surface area contributed by atoms with E-state index in [2.05, 4.69) is 5.32 Å². The zero-order valence-corrected chi connectivity index (χ0v) is 14.9. The summed E-state index contributed by atoms with van der Waals surface area (Å²) >= 11 is 0. The van der Waals surface area contributed by atoms with Gasteiger partial charge in [0.05, 0.1) is 19.8 Å². The van der Waals surface area contributed by atoms with Crippen LogP contribution in [0.4, 0.5) is 5.69 Å². The fourth-order valence-corrected chi connectivity index (χ4v) is 2.31. The zero-order chi connectivity index (χ0) is 19.3. The second-order valence-corrected chi connectivity index (χ2v) is 6.06. The number of ether oxygens (including phenoxy) is 2. The smallest absolute Gasteiger partial charge is 0.349 e. The zero-order valence-electron chi connectivity index (χ0n) is 14.9. The number of esters is 1. The largest absolute Gasteiger partial charge is 0.476 e. The van der Waals surface area contributed by atoms with E-state index in [1.54, 1.807) is 45.0 Å². The molecule has 26 heavy (non-hydrogen) atoms. The number of β-amino-alcohol motifs (C(OH)–C–C–N with tert-alkyl or cyclic N) is 1. The first-order chi connectivity index (χ1) is 12.3. The summed E-state index contributed by atoms with van der Waals surface area (Å²) in [6.45, 7) is 4.88. The molecule has 1 aromatic carbocycles. The third-order valence-corrected chi connectivity index (χ3v) is 3.61. The number of imide groups is 1. The average Bonchev–Trinajstić information content (AvgIpc) is 2.84. The maximum atomic E-state index is 12.1. The Morgan fingerprint density at radius 1 is 1.23 bits per heavy atom. The van der Waals surface area contributed by atoms with Crippen molar-refractivity contribution in [2.45, 2.75) is 26.4 Å². The molecule has 0 bridgehead atoms. The fraction of sp³-hybridized carbons (Fsp3) is 0.389. The quantitative estimate of drug-likeness (QED) is 0.526. The first-order valence-corrected chi connectivity index (χ1v) is 8.20. The predicted molar refractivity (Wildman–Crippen MR) is 93.3 cm³/mol. The fourth-order valence-electron chi connectivity index (χ4n) is 2.31. The molecule has 2 rings (SSSR count). The van der Waals surface area contributed by atoms with Gasteiger partial charge in [0.15, 0.2) is 5.60 Å². The second-order valence-electron chi connectivity index (χ2n) is 6.06. The summed E-state index contributed by atoms with van der Waals surface area (Å²) in [7, 11) is 0. The number of aliphatic hydroxyl groups is 1. The SMILES string of the molecule is CCOC(=O)C(C)(C)Oc1ccc(NC2=CC(=O)N(CCO)C2=O)cc1. The molecule has 0 atom stereocenters. The molecule has 1 aliphatic heterocycles. The van der Waals surface area contributed by atoms with Gasteiger partial charge in [0, 0.05) is 11.8 Å². The van der Waals surface area contributed by atoms with E-state index in [9.17, 15) is 14.4 Å². The van der Waals surface area contributed by atoms with Crippen molar-refractivity contribution in [2.24, 2.45) is 0 Å². The lowest BCUT2D eigenvalue weighted by molar-refractivity contribution is -0.158. The molecule has 0 radical (unpaired) electrons. The van der Waals surface area contributed by atoms with Gasteiger partial charge in [0.25, 0.3) is 11.8 Å². The van der Waals surface area contributed by atoms with Crippen LogP contribution in [0.1, 0.15) is 20.8 Å². The molecule has 0 unspecified atom stereocenters. The van der Waals surface area contributed by atoms with E-state index in [0.717, 1.165) is 4.90 Å². The summed E-state index contributed by atoms with van der Waals surface area (Å²) in [5, 5.41) is 11.8. The summed E-state index contributed by atoms with van der Waals surface area (Å²) in [4.78, 5) is 36.6. The highest BCUT2D eigenvalue weighted by molar-refractivity contribution is 6.17. The van der Waals surface area contributed by atoms with Crippen molar-refractivity contribution in [3.63, 3.8) is 0 Å². The Hall–Kier alpha value is -2.87. The molecule has 1 aliphatic rings. The van der Waals surface area contributed by atoms with Crippen LogP contribution < -0.4 is 10.1 Å². The minimum absolute atomic E-state index is 0.0466. The van der Waals surface area contributed by atoms with Crippen LogP contribution in [0.2, 0.25) is 0 Å². The van der Waals surface area contributed by atoms with Gasteiger partial charge >= 0.3 is 5.97 Å². The number of benzene rings is 1. The molecule has 0 fully saturated rings. The Morgan fingerprint density at radius 2 is 1.88 bits per heavy atom. The van der Waals surface area contributed by atoms with Gasteiger partial charge in [-0.25, -0.2) is 4.79 Å². The van der Waals surface area contributed by atoms with Gasteiger partial charge in [-0.3, -0.25) is 14.5 Å². The number of carbonyl (C=O) groups is 3. The number of hydrogen-bond donors (Lipinski definition) is 2. The van der Waals surface area contributed by atoms with Crippen molar-refractivity contribution in [2.75, 3.05) is 25.1 Å². The number of carbonyl (C=O) groups excluding carboxylic acids is 3. The minimum atomic E-state index is -1.13. The number of nitrogens with one attached hydrogen (secondary N) is 1. The monoisotopic (exact) mass is 362 g/mol. The van der Waals surface area contributed by atoms with Crippen LogP contribution in [-0.2, 0) is 19.1 Å². The van der Waals surface area contributed by atoms with Crippen LogP contribution in [-0.4, -0.2) is 53.1 Å². The van der Waals surface area contributed by atoms with Gasteiger partial charge in [-0.2, -0.15) is 0 Å². The summed E-state index contributed by atoms with van der Waals surface area (Å²) in [6, 6.07) is 6.58. The highest BCUT2D eigenvalue weighted by Crippen LogP contribution is 2.23. The lowest BCUT2D eigenvalue weighted by atomic mass is 10.1. The van der Waals surface area contributed by atoms with E-state index in [4.69, 9.17) is 14.6 Å². The summed E-state index contributed by atoms with van der Waals surface area (Å²) < 4.78 is 10.6. The van der Waals surface area contributed by atoms with Crippen LogP contribution >= 0.6 is 0 Å². The van der Waals surface area contributed by atoms with Crippen LogP contribution in [0, 0.1) is 0 Å². The van der Waals surface area contributed by atoms with Gasteiger partial charge in [-0.05, 0) is 45.0 Å². The summed E-state index contributed by atoms with van der Waals surface area (Å²) in [5.41, 5.74) is -0.430. The average molecular weight is 362 g/mol. The van der Waals surface area contributed by atoms with Gasteiger partial charge in [0.1, 0.15) is 11.4 Å². The van der Waals surface area contributed by atoms with Crippen molar-refractivity contribution in [3.05, 3.63) is 36.0 Å². The molecule has 0 saturated carbocycles. The Kier molecular flexibility index (Phi) is 5.99. The molecule has 2 N–H and O–H groups in total. The third-order valence-electron chi connectivity index (χ3n) is 3.61. The Bertz CT molecular complexity index is 724. The molecular weight excluding hydrogens is 340 g/mol. The maximum Gasteiger partial charge on any atom is 0.349 e. The molecule has 1 aromatic rings. The van der Waals surface area contributed by atoms with Crippen molar-refractivity contribution < 1.29 is 29.0 Å². The van der Waals surface area contributed by atoms with E-state index in [1.807, 2.05) is 0 Å². The number of rotatable bonds is 8. The maximum absolute atomic E-state index is 12.1. The molecular formula is C18H22N2O6. The molecule has 0 spiro atoms. The molecule has 1 heterocycles. The first kappa shape index (κ1) is 19.5. The molecule has 140 valence electrons. The molecule has 8 heteroatoms. The van der Waals surface area contributed by atoms with Crippen LogP contribution in [0.5, 0.6) is 5.75 Å². The molecule has 0 saturated heterocycles. The van der Waals surface area contributed by atoms with Crippen molar-refractivity contribution in [3.8, 4) is 5.75 Å². The number of hydrogen-bond acceptors (Lipinski definition) is 7. The van der Waals surface area contributed by atoms with E-state index < -0.39 is 23.4 Å². The highest BCUT2D eigenvalue weighted by Gasteiger charge is 2.32. The molecule has 2 amide bonds. The number of anilines is 1. The van der Waals surface area contributed by atoms with Crippen molar-refractivity contribution in [1.82, 2.24) is 4.90 Å². The standard InChI is InChI=1S/C18H22N2O6/c1-4-25-17(24)18(2,3)26-13-7-5-12(6-8-13)19-14-11-15(22)20(9-10-21)16(14)23/h5-8,11,19,21H,4,9-10H2,1-3H3. The van der Waals surface area contributed by atoms with Gasteiger partial charge < -0.3 is 19.9 Å². The topological polar surface area (TPSA) is 105 Å². The van der Waals surface area contributed by atoms with E-state index in [-0.39, 0.29) is 25.5 Å². The lowest BCUT2D eigenvalue weighted by Gasteiger charge is -2.24. The number of nitrogens with zero attached hydrogens (tertiary/aromatic N) is 1. The summed E-state index contributed by atoms with van der Waals surface area (Å²) in [6.07, 6.45) is 1.19. The van der Waals surface area contributed by atoms with Crippen LogP contribution in [0.3, 0.4) is 0 Å². The van der Waals surface area contributed by atoms with E-state index >= 15 is 0 Å². The Morgan fingerprint density at radius 3 is 2.46 bits per heavy atom. The van der Waals surface area contributed by atoms with Gasteiger partial charge in [0.2, 0.25) is 0 Å². The van der Waals surface area contributed by atoms with E-state index in [0.29, 0.717) is 11.4 Å². The normalized spacial score (nSPS) is 14.3. The van der Waals surface area contributed by atoms with Crippen LogP contribution in [0.15, 0.2) is 36.0 Å². The van der Waals surface area contributed by atoms with Crippen molar-refractivity contribution in [1.29, 1.82) is 0 Å². The Balaban J connectivity index is 2.02. The van der Waals surface area contributed by atoms with Crippen molar-refractivity contribution >= 4 is 23.5 Å². The predicted octanol–water partition coefficient (Wildman–Crippen LogP) is 1.06. The molecule has 8 nitrogen and oxygen atoms in total. The molecule has 0 aromatic heterocycles. The van der Waals surface area contributed by atoms with Gasteiger partial charge in [-0.15, -0.1) is 0 Å². The Labute approximate surface area is 151 Å². The number of aliphatic hydroxyl groups excluding tert-OH is 1. The lowest BCUT2D eigenvalue weighted by Crippen LogP contribution is -2.39. The van der Waals surface area contributed by atoms with Gasteiger partial charge in [-0.1, -0.05) is 0 Å². The molecule has 0 aliphatic carbocycles. The third kappa shape index (κ3) is 4.40.